The molecule has 0 aromatic carbocycles. The normalized spacial score (nSPS) is 10.1. The zero-order chi connectivity index (χ0) is 10.8. The first-order valence-corrected chi connectivity index (χ1v) is 5.16. The maximum absolute atomic E-state index is 11.9. The van der Waals surface area contributed by atoms with Crippen molar-refractivity contribution in [2.45, 2.75) is 0 Å². The molecule has 0 radical (unpaired) electrons. The van der Waals surface area contributed by atoms with Crippen LogP contribution in [0.5, 0.6) is 0 Å². The Morgan fingerprint density at radius 3 is 2.67 bits per heavy atom. The Labute approximate surface area is 90.6 Å². The zero-order valence-corrected chi connectivity index (χ0v) is 8.62. The van der Waals surface area contributed by atoms with Crippen LogP contribution >= 0.6 is 11.3 Å². The summed E-state index contributed by atoms with van der Waals surface area (Å²) in [6.07, 6.45) is 0. The second kappa shape index (κ2) is 3.70. The van der Waals surface area contributed by atoms with Crippen LogP contribution in [-0.2, 0) is 0 Å². The fourth-order valence-electron chi connectivity index (χ4n) is 1.22. The van der Waals surface area contributed by atoms with Crippen molar-refractivity contribution in [1.82, 2.24) is 4.98 Å². The highest BCUT2D eigenvalue weighted by Gasteiger charge is 2.13. The van der Waals surface area contributed by atoms with E-state index in [9.17, 15) is 4.79 Å². The molecule has 2 heterocycles. The first-order valence-electron chi connectivity index (χ1n) is 4.28. The van der Waals surface area contributed by atoms with E-state index in [0.717, 1.165) is 0 Å². The van der Waals surface area contributed by atoms with Gasteiger partial charge in [-0.1, -0.05) is 6.07 Å². The van der Waals surface area contributed by atoms with Gasteiger partial charge in [-0.05, 0) is 23.6 Å². The van der Waals surface area contributed by atoms with E-state index in [-0.39, 0.29) is 11.6 Å². The third-order valence-corrected chi connectivity index (χ3v) is 2.80. The molecule has 2 aromatic rings. The lowest BCUT2D eigenvalue weighted by Gasteiger charge is -2.02. The van der Waals surface area contributed by atoms with Crippen LogP contribution in [0.4, 0.5) is 11.6 Å². The lowest BCUT2D eigenvalue weighted by Crippen LogP contribution is -2.06. The summed E-state index contributed by atoms with van der Waals surface area (Å²) in [5, 5.41) is 1.84. The number of aromatic nitrogens is 1. The Morgan fingerprint density at radius 2 is 2.07 bits per heavy atom. The van der Waals surface area contributed by atoms with E-state index in [4.69, 9.17) is 11.5 Å². The SMILES string of the molecule is Nc1ccc(C(=O)c2cccs2)c(N)n1. The molecular weight excluding hydrogens is 210 g/mol. The van der Waals surface area contributed by atoms with Gasteiger partial charge >= 0.3 is 0 Å². The van der Waals surface area contributed by atoms with Gasteiger partial charge in [0.05, 0.1) is 10.4 Å². The number of pyridine rings is 1. The molecule has 2 aromatic heterocycles. The monoisotopic (exact) mass is 219 g/mol. The molecule has 0 aliphatic carbocycles. The molecule has 0 unspecified atom stereocenters. The molecule has 0 amide bonds. The van der Waals surface area contributed by atoms with Crippen molar-refractivity contribution < 1.29 is 4.79 Å². The van der Waals surface area contributed by atoms with Crippen LogP contribution in [0.3, 0.4) is 0 Å². The van der Waals surface area contributed by atoms with Gasteiger partial charge in [0.1, 0.15) is 11.6 Å². The average molecular weight is 219 g/mol. The fourth-order valence-corrected chi connectivity index (χ4v) is 1.90. The third-order valence-electron chi connectivity index (χ3n) is 1.94. The number of anilines is 2. The number of carbonyl (C=O) groups excluding carboxylic acids is 1. The summed E-state index contributed by atoms with van der Waals surface area (Å²) >= 11 is 1.37. The van der Waals surface area contributed by atoms with Gasteiger partial charge < -0.3 is 11.5 Å². The van der Waals surface area contributed by atoms with E-state index < -0.39 is 0 Å². The number of ketones is 1. The summed E-state index contributed by atoms with van der Waals surface area (Å²) in [6, 6.07) is 6.73. The summed E-state index contributed by atoms with van der Waals surface area (Å²) < 4.78 is 0. The predicted molar refractivity (Wildman–Crippen MR) is 60.8 cm³/mol. The molecule has 5 heteroatoms. The molecular formula is C10H9N3OS. The number of nitrogens with two attached hydrogens (primary N) is 2. The van der Waals surface area contributed by atoms with Gasteiger partial charge in [0.2, 0.25) is 5.78 Å². The van der Waals surface area contributed by atoms with Crippen molar-refractivity contribution in [2.75, 3.05) is 11.5 Å². The predicted octanol–water partition coefficient (Wildman–Crippen LogP) is 1.54. The topological polar surface area (TPSA) is 82.0 Å². The highest BCUT2D eigenvalue weighted by atomic mass is 32.1. The molecule has 2 rings (SSSR count). The number of nitrogens with zero attached hydrogens (tertiary/aromatic N) is 1. The fraction of sp³-hybridized carbons (Fsp3) is 0. The van der Waals surface area contributed by atoms with E-state index in [0.29, 0.717) is 16.3 Å². The molecule has 0 aliphatic rings. The highest BCUT2D eigenvalue weighted by Crippen LogP contribution is 2.19. The smallest absolute Gasteiger partial charge is 0.206 e. The van der Waals surface area contributed by atoms with Crippen molar-refractivity contribution in [2.24, 2.45) is 0 Å². The minimum Gasteiger partial charge on any atom is -0.384 e. The molecule has 0 atom stereocenters. The van der Waals surface area contributed by atoms with Gasteiger partial charge in [0.15, 0.2) is 0 Å². The summed E-state index contributed by atoms with van der Waals surface area (Å²) in [7, 11) is 0. The van der Waals surface area contributed by atoms with E-state index in [1.807, 2.05) is 11.4 Å². The van der Waals surface area contributed by atoms with E-state index >= 15 is 0 Å². The number of nitrogen functional groups attached to an aromatic ring is 2. The minimum absolute atomic E-state index is 0.116. The zero-order valence-electron chi connectivity index (χ0n) is 7.81. The molecule has 0 saturated carbocycles. The molecule has 76 valence electrons. The van der Waals surface area contributed by atoms with Crippen LogP contribution in [-0.4, -0.2) is 10.8 Å². The van der Waals surface area contributed by atoms with Crippen molar-refractivity contribution >= 4 is 28.8 Å². The number of rotatable bonds is 2. The summed E-state index contributed by atoms with van der Waals surface area (Å²) in [6.45, 7) is 0. The van der Waals surface area contributed by atoms with E-state index in [2.05, 4.69) is 4.98 Å². The average Bonchev–Trinajstić information content (AvgIpc) is 2.69. The Bertz CT molecular complexity index is 493. The van der Waals surface area contributed by atoms with Crippen LogP contribution in [0.15, 0.2) is 29.6 Å². The van der Waals surface area contributed by atoms with Gasteiger partial charge in [-0.25, -0.2) is 4.98 Å². The van der Waals surface area contributed by atoms with Crippen molar-refractivity contribution in [1.29, 1.82) is 0 Å². The largest absolute Gasteiger partial charge is 0.384 e. The molecule has 0 saturated heterocycles. The molecule has 0 fully saturated rings. The Kier molecular flexibility index (Phi) is 2.39. The minimum atomic E-state index is -0.116. The Balaban J connectivity index is 2.42. The van der Waals surface area contributed by atoms with E-state index in [1.54, 1.807) is 18.2 Å². The maximum Gasteiger partial charge on any atom is 0.206 e. The number of hydrogen-bond acceptors (Lipinski definition) is 5. The lowest BCUT2D eigenvalue weighted by molar-refractivity contribution is 0.104. The second-order valence-corrected chi connectivity index (χ2v) is 3.92. The lowest BCUT2D eigenvalue weighted by atomic mass is 10.1. The summed E-state index contributed by atoms with van der Waals surface area (Å²) in [5.74, 6) is 0.374. The number of hydrogen-bond donors (Lipinski definition) is 2. The summed E-state index contributed by atoms with van der Waals surface area (Å²) in [5.41, 5.74) is 11.5. The molecule has 15 heavy (non-hydrogen) atoms. The van der Waals surface area contributed by atoms with Crippen LogP contribution in [0.1, 0.15) is 15.2 Å². The van der Waals surface area contributed by atoms with Gasteiger partial charge in [-0.2, -0.15) is 0 Å². The van der Waals surface area contributed by atoms with Crippen LogP contribution in [0, 0.1) is 0 Å². The van der Waals surface area contributed by atoms with E-state index in [1.165, 1.54) is 11.3 Å². The number of carbonyl (C=O) groups is 1. The first kappa shape index (κ1) is 9.67. The highest BCUT2D eigenvalue weighted by molar-refractivity contribution is 7.12. The van der Waals surface area contributed by atoms with Gasteiger partial charge in [-0.3, -0.25) is 4.79 Å². The second-order valence-electron chi connectivity index (χ2n) is 2.98. The molecule has 0 spiro atoms. The van der Waals surface area contributed by atoms with Crippen molar-refractivity contribution in [3.63, 3.8) is 0 Å². The van der Waals surface area contributed by atoms with Crippen LogP contribution in [0.25, 0.3) is 0 Å². The molecule has 4 nitrogen and oxygen atoms in total. The molecule has 4 N–H and O–H groups in total. The Morgan fingerprint density at radius 1 is 1.27 bits per heavy atom. The van der Waals surface area contributed by atoms with Crippen molar-refractivity contribution in [3.05, 3.63) is 40.1 Å². The van der Waals surface area contributed by atoms with Crippen LogP contribution in [0.2, 0.25) is 0 Å². The van der Waals surface area contributed by atoms with Gasteiger partial charge in [0.25, 0.3) is 0 Å². The van der Waals surface area contributed by atoms with Gasteiger partial charge in [0, 0.05) is 0 Å². The first-order chi connectivity index (χ1) is 7.18. The molecule has 0 bridgehead atoms. The summed E-state index contributed by atoms with van der Waals surface area (Å²) in [4.78, 5) is 16.4. The third kappa shape index (κ3) is 1.82. The Hall–Kier alpha value is -1.88. The maximum atomic E-state index is 11.9. The quantitative estimate of drug-likeness (QED) is 0.750. The van der Waals surface area contributed by atoms with Crippen molar-refractivity contribution in [3.8, 4) is 0 Å². The standard InChI is InChI=1S/C10H9N3OS/c11-8-4-3-6(10(12)13-8)9(14)7-2-1-5-15-7/h1-5H,(H4,11,12,13). The van der Waals surface area contributed by atoms with Crippen LogP contribution < -0.4 is 11.5 Å². The molecule has 0 aliphatic heterocycles. The number of thiophene rings is 1. The van der Waals surface area contributed by atoms with Gasteiger partial charge in [-0.15, -0.1) is 11.3 Å².